The summed E-state index contributed by atoms with van der Waals surface area (Å²) < 4.78 is 0. The van der Waals surface area contributed by atoms with Gasteiger partial charge in [-0.25, -0.2) is 0 Å². The molecule has 1 saturated carbocycles. The van der Waals surface area contributed by atoms with Crippen molar-refractivity contribution in [2.24, 2.45) is 17.8 Å². The van der Waals surface area contributed by atoms with E-state index < -0.39 is 0 Å². The first kappa shape index (κ1) is 11.0. The lowest BCUT2D eigenvalue weighted by Crippen LogP contribution is -2.29. The summed E-state index contributed by atoms with van der Waals surface area (Å²) in [4.78, 5) is 14.1. The van der Waals surface area contributed by atoms with Crippen LogP contribution in [0.4, 0.5) is 0 Å². The van der Waals surface area contributed by atoms with Crippen molar-refractivity contribution < 1.29 is 4.79 Å². The zero-order valence-electron chi connectivity index (χ0n) is 10.0. The first-order valence-corrected chi connectivity index (χ1v) is 6.52. The molecule has 2 unspecified atom stereocenters. The van der Waals surface area contributed by atoms with E-state index in [-0.39, 0.29) is 0 Å². The minimum absolute atomic E-state index is 0.423. The molecule has 1 heterocycles. The number of amides is 1. The van der Waals surface area contributed by atoms with Crippen LogP contribution in [0.2, 0.25) is 0 Å². The monoisotopic (exact) mass is 209 g/mol. The largest absolute Gasteiger partial charge is 0.342 e. The number of hydrogen-bond acceptors (Lipinski definition) is 1. The smallest absolute Gasteiger partial charge is 0.222 e. The predicted octanol–water partition coefficient (Wildman–Crippen LogP) is 2.68. The summed E-state index contributed by atoms with van der Waals surface area (Å²) in [5.41, 5.74) is 0. The van der Waals surface area contributed by atoms with Gasteiger partial charge in [0.15, 0.2) is 0 Å². The van der Waals surface area contributed by atoms with E-state index in [1.165, 1.54) is 25.7 Å². The number of hydrogen-bond donors (Lipinski definition) is 0. The highest BCUT2D eigenvalue weighted by molar-refractivity contribution is 5.77. The van der Waals surface area contributed by atoms with E-state index in [4.69, 9.17) is 0 Å². The number of nitrogens with zero attached hydrogens (tertiary/aromatic N) is 1. The summed E-state index contributed by atoms with van der Waals surface area (Å²) >= 11 is 0. The van der Waals surface area contributed by atoms with Gasteiger partial charge in [0.2, 0.25) is 5.91 Å². The highest BCUT2D eigenvalue weighted by Gasteiger charge is 2.34. The topological polar surface area (TPSA) is 20.3 Å². The van der Waals surface area contributed by atoms with Crippen LogP contribution < -0.4 is 0 Å². The normalized spacial score (nSPS) is 30.9. The summed E-state index contributed by atoms with van der Waals surface area (Å²) in [6, 6.07) is 0. The Bertz CT molecular complexity index is 223. The van der Waals surface area contributed by atoms with Gasteiger partial charge in [-0.15, -0.1) is 0 Å². The van der Waals surface area contributed by atoms with Crippen molar-refractivity contribution in [1.82, 2.24) is 4.90 Å². The van der Waals surface area contributed by atoms with Crippen LogP contribution in [0.3, 0.4) is 0 Å². The molecule has 0 bridgehead atoms. The summed E-state index contributed by atoms with van der Waals surface area (Å²) in [6.07, 6.45) is 5.85. The molecule has 0 radical (unpaired) electrons. The van der Waals surface area contributed by atoms with Gasteiger partial charge in [0, 0.05) is 19.5 Å². The van der Waals surface area contributed by atoms with Gasteiger partial charge in [-0.1, -0.05) is 26.7 Å². The molecule has 1 aliphatic carbocycles. The molecule has 2 heteroatoms. The van der Waals surface area contributed by atoms with Crippen molar-refractivity contribution in [3.63, 3.8) is 0 Å². The maximum absolute atomic E-state index is 11.9. The van der Waals surface area contributed by atoms with Crippen molar-refractivity contribution in [3.8, 4) is 0 Å². The average Bonchev–Trinajstić information content (AvgIpc) is 2.95. The molecule has 2 nitrogen and oxygen atoms in total. The Kier molecular flexibility index (Phi) is 3.32. The van der Waals surface area contributed by atoms with Gasteiger partial charge in [0.25, 0.3) is 0 Å². The summed E-state index contributed by atoms with van der Waals surface area (Å²) in [5, 5.41) is 0. The molecule has 0 aromatic rings. The lowest BCUT2D eigenvalue weighted by molar-refractivity contribution is -0.130. The first-order valence-electron chi connectivity index (χ1n) is 6.52. The Hall–Kier alpha value is -0.530. The van der Waals surface area contributed by atoms with Crippen LogP contribution in [0.5, 0.6) is 0 Å². The van der Waals surface area contributed by atoms with Gasteiger partial charge >= 0.3 is 0 Å². The van der Waals surface area contributed by atoms with E-state index in [0.717, 1.165) is 37.3 Å². The van der Waals surface area contributed by atoms with Crippen LogP contribution in [-0.2, 0) is 4.79 Å². The van der Waals surface area contributed by atoms with Gasteiger partial charge in [0.05, 0.1) is 0 Å². The Balaban J connectivity index is 1.85. The maximum Gasteiger partial charge on any atom is 0.222 e. The van der Waals surface area contributed by atoms with E-state index >= 15 is 0 Å². The summed E-state index contributed by atoms with van der Waals surface area (Å²) in [7, 11) is 0. The van der Waals surface area contributed by atoms with Crippen molar-refractivity contribution in [3.05, 3.63) is 0 Å². The van der Waals surface area contributed by atoms with Gasteiger partial charge in [-0.2, -0.15) is 0 Å². The fourth-order valence-corrected chi connectivity index (χ4v) is 2.77. The van der Waals surface area contributed by atoms with Crippen molar-refractivity contribution in [1.29, 1.82) is 0 Å². The molecule has 2 fully saturated rings. The average molecular weight is 209 g/mol. The Morgan fingerprint density at radius 1 is 1.13 bits per heavy atom. The van der Waals surface area contributed by atoms with E-state index in [0.29, 0.717) is 5.91 Å². The fourth-order valence-electron chi connectivity index (χ4n) is 2.77. The van der Waals surface area contributed by atoms with Gasteiger partial charge in [0.1, 0.15) is 0 Å². The Labute approximate surface area is 93.0 Å². The summed E-state index contributed by atoms with van der Waals surface area (Å²) in [5.74, 6) is 2.68. The molecular weight excluding hydrogens is 186 g/mol. The third-order valence-corrected chi connectivity index (χ3v) is 4.14. The number of carbonyl (C=O) groups is 1. The Morgan fingerprint density at radius 3 is 2.07 bits per heavy atom. The molecular formula is C13H23NO. The molecule has 0 spiro atoms. The van der Waals surface area contributed by atoms with Crippen LogP contribution in [0.15, 0.2) is 0 Å². The lowest BCUT2D eigenvalue weighted by atomic mass is 9.92. The number of likely N-dealkylation sites (tertiary alicyclic amines) is 1. The molecule has 1 aliphatic heterocycles. The van der Waals surface area contributed by atoms with E-state index in [2.05, 4.69) is 18.7 Å². The molecule has 0 aromatic heterocycles. The minimum Gasteiger partial charge on any atom is -0.342 e. The van der Waals surface area contributed by atoms with Crippen molar-refractivity contribution in [2.75, 3.05) is 13.1 Å². The molecule has 2 atom stereocenters. The second-order valence-corrected chi connectivity index (χ2v) is 5.28. The molecule has 2 aliphatic rings. The van der Waals surface area contributed by atoms with E-state index in [9.17, 15) is 4.79 Å². The Morgan fingerprint density at radius 2 is 1.67 bits per heavy atom. The molecule has 1 amide bonds. The molecule has 0 aromatic carbocycles. The van der Waals surface area contributed by atoms with Gasteiger partial charge < -0.3 is 4.90 Å². The fraction of sp³-hybridized carbons (Fsp3) is 0.923. The second-order valence-electron chi connectivity index (χ2n) is 5.28. The number of rotatable bonds is 4. The maximum atomic E-state index is 11.9. The third-order valence-electron chi connectivity index (χ3n) is 4.14. The molecule has 1 saturated heterocycles. The zero-order chi connectivity index (χ0) is 10.8. The quantitative estimate of drug-likeness (QED) is 0.697. The molecule has 15 heavy (non-hydrogen) atoms. The van der Waals surface area contributed by atoms with E-state index in [1.54, 1.807) is 0 Å². The standard InChI is InChI=1S/C13H23NO/c1-3-11-8-14(9-12(11)4-2)13(15)7-10-5-6-10/h10-12H,3-9H2,1-2H3. The minimum atomic E-state index is 0.423. The molecule has 86 valence electrons. The second kappa shape index (κ2) is 4.54. The highest BCUT2D eigenvalue weighted by Crippen LogP contribution is 2.35. The van der Waals surface area contributed by atoms with Crippen LogP contribution >= 0.6 is 0 Å². The van der Waals surface area contributed by atoms with Crippen molar-refractivity contribution in [2.45, 2.75) is 46.0 Å². The van der Waals surface area contributed by atoms with Gasteiger partial charge in [-0.05, 0) is 30.6 Å². The molecule has 2 rings (SSSR count). The lowest BCUT2D eigenvalue weighted by Gasteiger charge is -2.15. The van der Waals surface area contributed by atoms with Crippen LogP contribution in [0.1, 0.15) is 46.0 Å². The number of carbonyl (C=O) groups excluding carboxylic acids is 1. The van der Waals surface area contributed by atoms with Crippen LogP contribution in [0, 0.1) is 17.8 Å². The highest BCUT2D eigenvalue weighted by atomic mass is 16.2. The van der Waals surface area contributed by atoms with Crippen molar-refractivity contribution >= 4 is 5.91 Å². The van der Waals surface area contributed by atoms with E-state index in [1.807, 2.05) is 0 Å². The zero-order valence-corrected chi connectivity index (χ0v) is 10.0. The van der Waals surface area contributed by atoms with Gasteiger partial charge in [-0.3, -0.25) is 4.79 Å². The predicted molar refractivity (Wildman–Crippen MR) is 61.5 cm³/mol. The first-order chi connectivity index (χ1) is 7.24. The summed E-state index contributed by atoms with van der Waals surface area (Å²) in [6.45, 7) is 6.56. The third kappa shape index (κ3) is 2.53. The van der Waals surface area contributed by atoms with Crippen LogP contribution in [0.25, 0.3) is 0 Å². The van der Waals surface area contributed by atoms with Crippen LogP contribution in [-0.4, -0.2) is 23.9 Å². The SMILES string of the molecule is CCC1CN(C(=O)CC2CC2)CC1CC. The molecule has 0 N–H and O–H groups in total.